The number of para-hydroxylation sites is 2. The minimum Gasteiger partial charge on any atom is -0.490 e. The Morgan fingerprint density at radius 2 is 1.96 bits per heavy atom. The average molecular weight is 365 g/mol. The summed E-state index contributed by atoms with van der Waals surface area (Å²) in [6, 6.07) is 13.8. The van der Waals surface area contributed by atoms with E-state index in [0.29, 0.717) is 32.7 Å². The van der Waals surface area contributed by atoms with Crippen molar-refractivity contribution in [2.24, 2.45) is 0 Å². The van der Waals surface area contributed by atoms with Crippen molar-refractivity contribution in [1.82, 2.24) is 14.9 Å². The molecule has 27 heavy (non-hydrogen) atoms. The van der Waals surface area contributed by atoms with Gasteiger partial charge in [-0.15, -0.1) is 0 Å². The Morgan fingerprint density at radius 1 is 1.15 bits per heavy atom. The lowest BCUT2D eigenvalue weighted by atomic mass is 10.2. The van der Waals surface area contributed by atoms with E-state index in [1.54, 1.807) is 0 Å². The zero-order valence-corrected chi connectivity index (χ0v) is 15.4. The zero-order chi connectivity index (χ0) is 18.6. The Morgan fingerprint density at radius 3 is 2.85 bits per heavy atom. The molecule has 0 atom stereocenters. The van der Waals surface area contributed by atoms with Crippen LogP contribution in [0.5, 0.6) is 11.5 Å². The number of carbonyl (C=O) groups excluding carboxylic acids is 1. The minimum atomic E-state index is 0.0132. The average Bonchev–Trinajstić information content (AvgIpc) is 2.84. The topological polar surface area (TPSA) is 65.4 Å². The van der Waals surface area contributed by atoms with E-state index in [4.69, 9.17) is 9.47 Å². The van der Waals surface area contributed by atoms with E-state index in [2.05, 4.69) is 14.9 Å². The smallest absolute Gasteiger partial charge is 0.222 e. The number of amides is 1. The van der Waals surface area contributed by atoms with Crippen molar-refractivity contribution in [2.45, 2.75) is 32.9 Å². The minimum absolute atomic E-state index is 0.0132. The second-order valence-electron chi connectivity index (χ2n) is 6.66. The van der Waals surface area contributed by atoms with Gasteiger partial charge >= 0.3 is 0 Å². The maximum atomic E-state index is 12.3. The molecule has 6 nitrogen and oxygen atoms in total. The summed E-state index contributed by atoms with van der Waals surface area (Å²) < 4.78 is 13.4. The summed E-state index contributed by atoms with van der Waals surface area (Å²) in [5, 5.41) is 2.98. The zero-order valence-electron chi connectivity index (χ0n) is 15.4. The molecule has 6 heteroatoms. The molecule has 1 amide bonds. The van der Waals surface area contributed by atoms with Gasteiger partial charge in [-0.05, 0) is 36.8 Å². The third kappa shape index (κ3) is 3.89. The molecule has 0 fully saturated rings. The maximum Gasteiger partial charge on any atom is 0.222 e. The number of aryl methyl sites for hydroxylation is 2. The highest BCUT2D eigenvalue weighted by atomic mass is 16.5. The van der Waals surface area contributed by atoms with Crippen molar-refractivity contribution in [1.29, 1.82) is 0 Å². The van der Waals surface area contributed by atoms with Crippen molar-refractivity contribution in [3.05, 3.63) is 53.9 Å². The van der Waals surface area contributed by atoms with Crippen molar-refractivity contribution < 1.29 is 14.3 Å². The molecule has 1 aliphatic rings. The van der Waals surface area contributed by atoms with Crippen LogP contribution in [0.15, 0.2) is 42.5 Å². The highest BCUT2D eigenvalue weighted by Crippen LogP contribution is 2.30. The SMILES string of the molecule is Cc1nc2ccccc2n1CCC(=O)NCc1ccc2c(c1)OCCCO2. The van der Waals surface area contributed by atoms with Crippen LogP contribution in [0.3, 0.4) is 0 Å². The number of rotatable bonds is 5. The molecule has 2 heterocycles. The molecule has 0 bridgehead atoms. The first-order chi connectivity index (χ1) is 13.2. The van der Waals surface area contributed by atoms with Crippen LogP contribution in [-0.4, -0.2) is 28.7 Å². The summed E-state index contributed by atoms with van der Waals surface area (Å²) in [4.78, 5) is 16.8. The summed E-state index contributed by atoms with van der Waals surface area (Å²) in [5.41, 5.74) is 3.02. The van der Waals surface area contributed by atoms with E-state index in [9.17, 15) is 4.79 Å². The Hall–Kier alpha value is -3.02. The van der Waals surface area contributed by atoms with Gasteiger partial charge in [0.2, 0.25) is 5.91 Å². The third-order valence-electron chi connectivity index (χ3n) is 4.71. The van der Waals surface area contributed by atoms with Crippen LogP contribution < -0.4 is 14.8 Å². The monoisotopic (exact) mass is 365 g/mol. The molecule has 0 aliphatic carbocycles. The summed E-state index contributed by atoms with van der Waals surface area (Å²) in [7, 11) is 0. The van der Waals surface area contributed by atoms with Crippen LogP contribution in [0.4, 0.5) is 0 Å². The van der Waals surface area contributed by atoms with E-state index in [0.717, 1.165) is 40.3 Å². The van der Waals surface area contributed by atoms with Gasteiger partial charge in [-0.1, -0.05) is 18.2 Å². The van der Waals surface area contributed by atoms with Gasteiger partial charge in [0.15, 0.2) is 11.5 Å². The number of hydrogen-bond donors (Lipinski definition) is 1. The first-order valence-corrected chi connectivity index (χ1v) is 9.28. The fourth-order valence-corrected chi connectivity index (χ4v) is 3.30. The molecule has 1 aromatic heterocycles. The summed E-state index contributed by atoms with van der Waals surface area (Å²) >= 11 is 0. The van der Waals surface area contributed by atoms with Crippen LogP contribution >= 0.6 is 0 Å². The van der Waals surface area contributed by atoms with E-state index in [-0.39, 0.29) is 5.91 Å². The molecule has 1 aliphatic heterocycles. The lowest BCUT2D eigenvalue weighted by Gasteiger charge is -2.11. The van der Waals surface area contributed by atoms with Gasteiger partial charge in [0.05, 0.1) is 24.2 Å². The molecule has 1 N–H and O–H groups in total. The number of hydrogen-bond acceptors (Lipinski definition) is 4. The first kappa shape index (κ1) is 17.4. The van der Waals surface area contributed by atoms with Crippen molar-refractivity contribution in [2.75, 3.05) is 13.2 Å². The van der Waals surface area contributed by atoms with Crippen LogP contribution in [0.2, 0.25) is 0 Å². The number of imidazole rings is 1. The van der Waals surface area contributed by atoms with Gasteiger partial charge in [0.25, 0.3) is 0 Å². The molecule has 2 aromatic carbocycles. The largest absolute Gasteiger partial charge is 0.490 e. The van der Waals surface area contributed by atoms with Gasteiger partial charge in [-0.3, -0.25) is 4.79 Å². The molecule has 0 saturated heterocycles. The van der Waals surface area contributed by atoms with Gasteiger partial charge in [-0.2, -0.15) is 0 Å². The lowest BCUT2D eigenvalue weighted by Crippen LogP contribution is -2.24. The maximum absolute atomic E-state index is 12.3. The predicted octanol–water partition coefficient (Wildman–Crippen LogP) is 3.21. The highest BCUT2D eigenvalue weighted by molar-refractivity contribution is 5.78. The summed E-state index contributed by atoms with van der Waals surface area (Å²) in [6.45, 7) is 4.38. The Bertz CT molecular complexity index is 964. The van der Waals surface area contributed by atoms with E-state index < -0.39 is 0 Å². The van der Waals surface area contributed by atoms with Crippen molar-refractivity contribution in [3.8, 4) is 11.5 Å². The highest BCUT2D eigenvalue weighted by Gasteiger charge is 2.12. The van der Waals surface area contributed by atoms with Crippen LogP contribution in [0.1, 0.15) is 24.2 Å². The van der Waals surface area contributed by atoms with Crippen LogP contribution in [-0.2, 0) is 17.9 Å². The predicted molar refractivity (Wildman–Crippen MR) is 103 cm³/mol. The number of nitrogens with zero attached hydrogens (tertiary/aromatic N) is 2. The number of ether oxygens (including phenoxy) is 2. The molecule has 0 saturated carbocycles. The molecular weight excluding hydrogens is 342 g/mol. The van der Waals surface area contributed by atoms with Crippen molar-refractivity contribution >= 4 is 16.9 Å². The van der Waals surface area contributed by atoms with E-state index in [1.807, 2.05) is 49.4 Å². The van der Waals surface area contributed by atoms with Crippen LogP contribution in [0.25, 0.3) is 11.0 Å². The molecular formula is C21H23N3O3. The molecule has 0 spiro atoms. The number of nitrogens with one attached hydrogen (secondary N) is 1. The fraction of sp³-hybridized carbons (Fsp3) is 0.333. The summed E-state index contributed by atoms with van der Waals surface area (Å²) in [6.07, 6.45) is 1.29. The Labute approximate surface area is 158 Å². The standard InChI is InChI=1S/C21H23N3O3/c1-15-23-17-5-2-3-6-18(17)24(15)10-9-21(25)22-14-16-7-8-19-20(13-16)27-12-4-11-26-19/h2-3,5-8,13H,4,9-12,14H2,1H3,(H,22,25). The number of fused-ring (bicyclic) bond motifs is 2. The summed E-state index contributed by atoms with van der Waals surface area (Å²) in [5.74, 6) is 2.45. The van der Waals surface area contributed by atoms with Crippen molar-refractivity contribution in [3.63, 3.8) is 0 Å². The number of carbonyl (C=O) groups is 1. The number of benzene rings is 2. The Balaban J connectivity index is 1.35. The molecule has 4 rings (SSSR count). The molecule has 0 radical (unpaired) electrons. The Kier molecular flexibility index (Phi) is 4.96. The van der Waals surface area contributed by atoms with Gasteiger partial charge in [0, 0.05) is 25.9 Å². The van der Waals surface area contributed by atoms with Crippen LogP contribution in [0, 0.1) is 6.92 Å². The fourth-order valence-electron chi connectivity index (χ4n) is 3.30. The van der Waals surface area contributed by atoms with E-state index in [1.165, 1.54) is 0 Å². The number of aromatic nitrogens is 2. The molecule has 3 aromatic rings. The lowest BCUT2D eigenvalue weighted by molar-refractivity contribution is -0.121. The van der Waals surface area contributed by atoms with E-state index >= 15 is 0 Å². The first-order valence-electron chi connectivity index (χ1n) is 9.28. The van der Waals surface area contributed by atoms with Gasteiger partial charge in [-0.25, -0.2) is 4.98 Å². The molecule has 140 valence electrons. The van der Waals surface area contributed by atoms with Gasteiger partial charge < -0.3 is 19.4 Å². The third-order valence-corrected chi connectivity index (χ3v) is 4.71. The quantitative estimate of drug-likeness (QED) is 0.754. The van der Waals surface area contributed by atoms with Gasteiger partial charge in [0.1, 0.15) is 5.82 Å². The second kappa shape index (κ2) is 7.70. The molecule has 0 unspecified atom stereocenters. The second-order valence-corrected chi connectivity index (χ2v) is 6.66. The normalized spacial score (nSPS) is 13.4.